The molecule has 0 aliphatic carbocycles. The minimum absolute atomic E-state index is 0.158. The zero-order chi connectivity index (χ0) is 33.8. The fraction of sp³-hybridized carbons (Fsp3) is 0.162. The van der Waals surface area contributed by atoms with Crippen LogP contribution in [0.5, 0.6) is 17.2 Å². The van der Waals surface area contributed by atoms with Crippen LogP contribution < -0.4 is 29.1 Å². The van der Waals surface area contributed by atoms with E-state index in [4.69, 9.17) is 47.1 Å². The SMILES string of the molecule is CCOC(=O)C1=C(c2ccccc2)N=c2s/c(=C\c3cccc(OC)c3OCc3ccc(Cl)c(Cl)c3)c(=O)n2[C@@H]1c1ccc(OC)cc1. The molecule has 0 saturated carbocycles. The van der Waals surface area contributed by atoms with Gasteiger partial charge in [-0.15, -0.1) is 0 Å². The highest BCUT2D eigenvalue weighted by Crippen LogP contribution is 2.36. The highest BCUT2D eigenvalue weighted by atomic mass is 35.5. The average Bonchev–Trinajstić information content (AvgIpc) is 3.42. The summed E-state index contributed by atoms with van der Waals surface area (Å²) in [6.45, 7) is 2.08. The van der Waals surface area contributed by atoms with Gasteiger partial charge in [-0.3, -0.25) is 9.36 Å². The third kappa shape index (κ3) is 6.62. The molecule has 4 aromatic carbocycles. The molecule has 48 heavy (non-hydrogen) atoms. The van der Waals surface area contributed by atoms with Crippen molar-refractivity contribution in [1.29, 1.82) is 0 Å². The highest BCUT2D eigenvalue weighted by Gasteiger charge is 2.35. The molecular weight excluding hydrogens is 671 g/mol. The molecule has 1 atom stereocenters. The Balaban J connectivity index is 1.54. The lowest BCUT2D eigenvalue weighted by Gasteiger charge is -2.26. The van der Waals surface area contributed by atoms with Crippen molar-refractivity contribution < 1.29 is 23.7 Å². The Morgan fingerprint density at radius 2 is 1.71 bits per heavy atom. The summed E-state index contributed by atoms with van der Waals surface area (Å²) < 4.78 is 24.8. The van der Waals surface area contributed by atoms with Gasteiger partial charge in [-0.1, -0.05) is 95.2 Å². The standard InChI is InChI=1S/C37H30Cl2N2O6S/c1-4-46-36(43)31-32(23-9-6-5-7-10-23)40-37-41(33(31)24-14-16-26(44-2)17-15-24)35(42)30(48-37)20-25-11-8-12-29(45-3)34(25)47-21-22-13-18-27(38)28(39)19-22/h5-20,33H,4,21H2,1-3H3/b30-20-/t33-/m1/s1. The van der Waals surface area contributed by atoms with E-state index in [9.17, 15) is 9.59 Å². The third-order valence-corrected chi connectivity index (χ3v) is 9.41. The van der Waals surface area contributed by atoms with Crippen LogP contribution in [0.3, 0.4) is 0 Å². The van der Waals surface area contributed by atoms with Crippen molar-refractivity contribution in [1.82, 2.24) is 4.57 Å². The second-order valence-corrected chi connectivity index (χ2v) is 12.4. The topological polar surface area (TPSA) is 88.4 Å². The lowest BCUT2D eigenvalue weighted by molar-refractivity contribution is -0.138. The summed E-state index contributed by atoms with van der Waals surface area (Å²) in [5.41, 5.74) is 3.22. The number of carbonyl (C=O) groups excluding carboxylic acids is 1. The van der Waals surface area contributed by atoms with E-state index in [2.05, 4.69) is 0 Å². The molecule has 0 bridgehead atoms. The van der Waals surface area contributed by atoms with Gasteiger partial charge in [0.2, 0.25) is 0 Å². The first kappa shape index (κ1) is 33.1. The summed E-state index contributed by atoms with van der Waals surface area (Å²) in [5, 5.41) is 0.867. The van der Waals surface area contributed by atoms with Gasteiger partial charge in [-0.2, -0.15) is 0 Å². The van der Waals surface area contributed by atoms with Gasteiger partial charge >= 0.3 is 5.97 Å². The van der Waals surface area contributed by atoms with Crippen LogP contribution in [0.4, 0.5) is 0 Å². The second kappa shape index (κ2) is 14.5. The van der Waals surface area contributed by atoms with Crippen molar-refractivity contribution in [2.75, 3.05) is 20.8 Å². The van der Waals surface area contributed by atoms with Gasteiger partial charge in [0.1, 0.15) is 12.4 Å². The van der Waals surface area contributed by atoms with Crippen molar-refractivity contribution in [3.05, 3.63) is 149 Å². The van der Waals surface area contributed by atoms with E-state index >= 15 is 0 Å². The second-order valence-electron chi connectivity index (χ2n) is 10.6. The minimum Gasteiger partial charge on any atom is -0.497 e. The first-order chi connectivity index (χ1) is 23.3. The number of ether oxygens (including phenoxy) is 4. The number of benzene rings is 4. The predicted molar refractivity (Wildman–Crippen MR) is 188 cm³/mol. The number of methoxy groups -OCH3 is 2. The Hall–Kier alpha value is -4.83. The normalized spacial score (nSPS) is 14.3. The minimum atomic E-state index is -0.820. The number of aromatic nitrogens is 1. The van der Waals surface area contributed by atoms with E-state index in [1.165, 1.54) is 11.3 Å². The fourth-order valence-electron chi connectivity index (χ4n) is 5.43. The van der Waals surface area contributed by atoms with Crippen LogP contribution in [0.25, 0.3) is 11.8 Å². The maximum atomic E-state index is 14.4. The average molecular weight is 702 g/mol. The van der Waals surface area contributed by atoms with Crippen LogP contribution in [-0.4, -0.2) is 31.4 Å². The summed E-state index contributed by atoms with van der Waals surface area (Å²) in [4.78, 5) is 33.5. The van der Waals surface area contributed by atoms with Gasteiger partial charge in [0, 0.05) is 11.1 Å². The number of fused-ring (bicyclic) bond motifs is 1. The molecule has 0 amide bonds. The molecule has 2 heterocycles. The van der Waals surface area contributed by atoms with Gasteiger partial charge < -0.3 is 18.9 Å². The van der Waals surface area contributed by atoms with Crippen molar-refractivity contribution in [2.24, 2.45) is 4.99 Å². The molecule has 0 spiro atoms. The zero-order valence-electron chi connectivity index (χ0n) is 26.2. The molecule has 244 valence electrons. The number of nitrogens with zero attached hydrogens (tertiary/aromatic N) is 2. The van der Waals surface area contributed by atoms with Crippen molar-refractivity contribution in [3.8, 4) is 17.2 Å². The van der Waals surface area contributed by atoms with E-state index in [0.29, 0.717) is 53.5 Å². The summed E-state index contributed by atoms with van der Waals surface area (Å²) in [5.74, 6) is 1.02. The highest BCUT2D eigenvalue weighted by molar-refractivity contribution is 7.07. The molecule has 6 rings (SSSR count). The molecule has 0 saturated heterocycles. The maximum Gasteiger partial charge on any atom is 0.338 e. The van der Waals surface area contributed by atoms with E-state index in [0.717, 1.165) is 11.1 Å². The van der Waals surface area contributed by atoms with Crippen molar-refractivity contribution in [3.63, 3.8) is 0 Å². The molecule has 1 aliphatic rings. The van der Waals surface area contributed by atoms with Gasteiger partial charge in [0.15, 0.2) is 16.3 Å². The quantitative estimate of drug-likeness (QED) is 0.148. The Morgan fingerprint density at radius 1 is 0.938 bits per heavy atom. The number of hydrogen-bond acceptors (Lipinski definition) is 8. The molecule has 1 aliphatic heterocycles. The molecule has 5 aromatic rings. The van der Waals surface area contributed by atoms with Gasteiger partial charge in [0.05, 0.1) is 52.7 Å². The molecule has 8 nitrogen and oxygen atoms in total. The van der Waals surface area contributed by atoms with Gasteiger partial charge in [0.25, 0.3) is 5.56 Å². The molecular formula is C37H30Cl2N2O6S. The van der Waals surface area contributed by atoms with Gasteiger partial charge in [-0.25, -0.2) is 9.79 Å². The smallest absolute Gasteiger partial charge is 0.338 e. The third-order valence-electron chi connectivity index (χ3n) is 7.69. The van der Waals surface area contributed by atoms with Gasteiger partial charge in [-0.05, 0) is 54.5 Å². The van der Waals surface area contributed by atoms with Crippen LogP contribution in [0.15, 0.2) is 106 Å². The fourth-order valence-corrected chi connectivity index (χ4v) is 6.74. The van der Waals surface area contributed by atoms with E-state index in [1.54, 1.807) is 62.1 Å². The van der Waals surface area contributed by atoms with Crippen molar-refractivity contribution >= 4 is 52.3 Å². The lowest BCUT2D eigenvalue weighted by atomic mass is 9.93. The first-order valence-electron chi connectivity index (χ1n) is 15.0. The van der Waals surface area contributed by atoms with Crippen LogP contribution in [0.1, 0.15) is 35.2 Å². The summed E-state index contributed by atoms with van der Waals surface area (Å²) in [7, 11) is 3.13. The van der Waals surface area contributed by atoms with Crippen LogP contribution in [-0.2, 0) is 16.1 Å². The Kier molecular flexibility index (Phi) is 10.0. The molecule has 11 heteroatoms. The number of hydrogen-bond donors (Lipinski definition) is 0. The van der Waals surface area contributed by atoms with Crippen LogP contribution >= 0.6 is 34.5 Å². The van der Waals surface area contributed by atoms with Crippen LogP contribution in [0, 0.1) is 0 Å². The summed E-state index contributed by atoms with van der Waals surface area (Å²) in [6.07, 6.45) is 1.75. The molecule has 0 unspecified atom stereocenters. The predicted octanol–water partition coefficient (Wildman–Crippen LogP) is 6.84. The number of para-hydroxylation sites is 1. The van der Waals surface area contributed by atoms with E-state index < -0.39 is 12.0 Å². The van der Waals surface area contributed by atoms with Crippen molar-refractivity contribution in [2.45, 2.75) is 19.6 Å². The molecule has 0 N–H and O–H groups in total. The Bertz CT molecular complexity index is 2190. The monoisotopic (exact) mass is 700 g/mol. The molecule has 0 radical (unpaired) electrons. The zero-order valence-corrected chi connectivity index (χ0v) is 28.6. The maximum absolute atomic E-state index is 14.4. The van der Waals surface area contributed by atoms with E-state index in [-0.39, 0.29) is 24.3 Å². The van der Waals surface area contributed by atoms with Crippen LogP contribution in [0.2, 0.25) is 10.0 Å². The largest absolute Gasteiger partial charge is 0.497 e. The lowest BCUT2D eigenvalue weighted by Crippen LogP contribution is -2.40. The summed E-state index contributed by atoms with van der Waals surface area (Å²) >= 11 is 13.5. The first-order valence-corrected chi connectivity index (χ1v) is 16.6. The Morgan fingerprint density at radius 3 is 2.40 bits per heavy atom. The molecule has 1 aromatic heterocycles. The number of halogens is 2. The summed E-state index contributed by atoms with van der Waals surface area (Å²) in [6, 6.07) is 26.6. The molecule has 0 fully saturated rings. The number of esters is 1. The van der Waals surface area contributed by atoms with E-state index in [1.807, 2.05) is 60.7 Å². The Labute approximate surface area is 290 Å². The number of rotatable bonds is 10. The number of thiazole rings is 1. The number of carbonyl (C=O) groups is 1.